The Morgan fingerprint density at radius 1 is 1.04 bits per heavy atom. The molecule has 0 radical (unpaired) electrons. The molecule has 0 spiro atoms. The van der Waals surface area contributed by atoms with Gasteiger partial charge in [-0.05, 0) is 86.2 Å². The van der Waals surface area contributed by atoms with Gasteiger partial charge in [0.1, 0.15) is 18.1 Å². The summed E-state index contributed by atoms with van der Waals surface area (Å²) in [5.41, 5.74) is 3.68. The van der Waals surface area contributed by atoms with Gasteiger partial charge in [0, 0.05) is 6.42 Å². The van der Waals surface area contributed by atoms with Crippen molar-refractivity contribution in [2.45, 2.75) is 160 Å². The molecule has 6 unspecified atom stereocenters. The zero-order chi connectivity index (χ0) is 36.2. The van der Waals surface area contributed by atoms with Crippen LogP contribution in [-0.2, 0) is 34.8 Å². The number of methoxy groups -OCH3 is 1. The molecule has 2 aliphatic heterocycles. The summed E-state index contributed by atoms with van der Waals surface area (Å²) >= 11 is 0. The molecule has 276 valence electrons. The zero-order valence-corrected chi connectivity index (χ0v) is 33.1. The SMILES string of the molecule is C=C(CC(C)CC1CC=CC(CC=O)O1)CC(C=CCC(OCc1ccc(OC)cc1)C1COC(C)(C)O1)O[Si](C(C)C)(C(C)C)C(C)C. The van der Waals surface area contributed by atoms with Crippen LogP contribution in [0.5, 0.6) is 5.75 Å². The van der Waals surface area contributed by atoms with Crippen molar-refractivity contribution in [2.24, 2.45) is 5.92 Å². The van der Waals surface area contributed by atoms with Crippen LogP contribution in [0.4, 0.5) is 0 Å². The van der Waals surface area contributed by atoms with Crippen LogP contribution >= 0.6 is 0 Å². The van der Waals surface area contributed by atoms with Crippen molar-refractivity contribution in [3.8, 4) is 5.75 Å². The molecule has 0 N–H and O–H groups in total. The van der Waals surface area contributed by atoms with Gasteiger partial charge < -0.3 is 32.9 Å². The molecule has 1 fully saturated rings. The average Bonchev–Trinajstić information content (AvgIpc) is 3.40. The molecule has 2 aliphatic rings. The van der Waals surface area contributed by atoms with Gasteiger partial charge in [-0.25, -0.2) is 0 Å². The predicted octanol–water partition coefficient (Wildman–Crippen LogP) is 9.90. The Morgan fingerprint density at radius 2 is 1.71 bits per heavy atom. The lowest BCUT2D eigenvalue weighted by Gasteiger charge is -2.44. The van der Waals surface area contributed by atoms with Crippen LogP contribution in [0.25, 0.3) is 0 Å². The Bertz CT molecular complexity index is 1180. The van der Waals surface area contributed by atoms with Crippen molar-refractivity contribution in [1.82, 2.24) is 0 Å². The fraction of sp³-hybridized carbons (Fsp3) is 0.683. The average molecular weight is 699 g/mol. The zero-order valence-electron chi connectivity index (χ0n) is 32.1. The minimum absolute atomic E-state index is 0.0798. The molecular weight excluding hydrogens is 633 g/mol. The first-order chi connectivity index (χ1) is 23.2. The van der Waals surface area contributed by atoms with E-state index < -0.39 is 14.1 Å². The Labute approximate surface area is 298 Å². The number of hydrogen-bond acceptors (Lipinski definition) is 7. The number of rotatable bonds is 21. The van der Waals surface area contributed by atoms with E-state index in [1.54, 1.807) is 7.11 Å². The first-order valence-electron chi connectivity index (χ1n) is 18.5. The van der Waals surface area contributed by atoms with Gasteiger partial charge in [-0.2, -0.15) is 0 Å². The summed E-state index contributed by atoms with van der Waals surface area (Å²) in [6, 6.07) is 7.98. The van der Waals surface area contributed by atoms with Crippen LogP contribution in [0.15, 0.2) is 60.7 Å². The van der Waals surface area contributed by atoms with E-state index in [9.17, 15) is 4.79 Å². The number of carbonyl (C=O) groups excluding carboxylic acids is 1. The number of aldehydes is 1. The van der Waals surface area contributed by atoms with E-state index in [4.69, 9.17) is 28.1 Å². The van der Waals surface area contributed by atoms with Gasteiger partial charge in [0.2, 0.25) is 8.32 Å². The predicted molar refractivity (Wildman–Crippen MR) is 201 cm³/mol. The highest BCUT2D eigenvalue weighted by Gasteiger charge is 2.46. The summed E-state index contributed by atoms with van der Waals surface area (Å²) in [7, 11) is -0.498. The van der Waals surface area contributed by atoms with E-state index in [-0.39, 0.29) is 30.5 Å². The summed E-state index contributed by atoms with van der Waals surface area (Å²) in [6.07, 6.45) is 13.8. The molecule has 8 heteroatoms. The lowest BCUT2D eigenvalue weighted by molar-refractivity contribution is -0.157. The Balaban J connectivity index is 1.76. The van der Waals surface area contributed by atoms with Crippen molar-refractivity contribution in [3.63, 3.8) is 0 Å². The Kier molecular flexibility index (Phi) is 16.5. The van der Waals surface area contributed by atoms with Gasteiger partial charge in [0.25, 0.3) is 0 Å². The summed E-state index contributed by atoms with van der Waals surface area (Å²) in [5, 5.41) is 0. The molecule has 0 bridgehead atoms. The quantitative estimate of drug-likeness (QED) is 0.0719. The van der Waals surface area contributed by atoms with Gasteiger partial charge in [0.15, 0.2) is 5.79 Å². The minimum atomic E-state index is -2.17. The molecule has 0 amide bonds. The van der Waals surface area contributed by atoms with Crippen molar-refractivity contribution in [2.75, 3.05) is 13.7 Å². The fourth-order valence-corrected chi connectivity index (χ4v) is 13.3. The normalized spacial score (nSPS) is 23.0. The molecule has 2 heterocycles. The Morgan fingerprint density at radius 3 is 2.29 bits per heavy atom. The molecule has 7 nitrogen and oxygen atoms in total. The highest BCUT2D eigenvalue weighted by Crippen LogP contribution is 2.44. The first kappa shape index (κ1) is 41.3. The van der Waals surface area contributed by atoms with Gasteiger partial charge in [-0.3, -0.25) is 0 Å². The summed E-state index contributed by atoms with van der Waals surface area (Å²) in [4.78, 5) is 11.0. The largest absolute Gasteiger partial charge is 0.497 e. The molecule has 49 heavy (non-hydrogen) atoms. The second-order valence-corrected chi connectivity index (χ2v) is 21.0. The molecule has 0 saturated carbocycles. The number of ether oxygens (including phenoxy) is 5. The van der Waals surface area contributed by atoms with Crippen LogP contribution in [0.2, 0.25) is 16.6 Å². The highest BCUT2D eigenvalue weighted by atomic mass is 28.4. The molecular formula is C41H66O7Si. The maximum atomic E-state index is 11.0. The molecule has 3 rings (SSSR count). The van der Waals surface area contributed by atoms with E-state index in [0.29, 0.717) is 48.6 Å². The van der Waals surface area contributed by atoms with Crippen molar-refractivity contribution in [1.29, 1.82) is 0 Å². The topological polar surface area (TPSA) is 72.5 Å². The summed E-state index contributed by atoms with van der Waals surface area (Å²) < 4.78 is 37.6. The van der Waals surface area contributed by atoms with Gasteiger partial charge in [-0.1, -0.05) is 97.1 Å². The molecule has 1 saturated heterocycles. The molecule has 1 aromatic rings. The number of hydrogen-bond donors (Lipinski definition) is 0. The van der Waals surface area contributed by atoms with E-state index in [1.807, 2.05) is 44.2 Å². The van der Waals surface area contributed by atoms with Gasteiger partial charge in [-0.15, -0.1) is 0 Å². The van der Waals surface area contributed by atoms with Crippen molar-refractivity contribution < 1.29 is 32.9 Å². The van der Waals surface area contributed by atoms with Crippen molar-refractivity contribution in [3.05, 3.63) is 66.3 Å². The standard InChI is InChI=1S/C41H66O7Si/c1-29(2)49(30(3)4,31(5)6)48-38(26-33(8)24-32(7)25-37-15-12-14-36(46-37)22-23-42)16-13-17-39(40-28-45-41(9,10)47-40)44-27-34-18-20-35(43-11)21-19-34/h12-14,16,18-21,23,29-32,36-40H,8,15,17,22,24-28H2,1-7,9-11H3. The highest BCUT2D eigenvalue weighted by molar-refractivity contribution is 6.77. The maximum absolute atomic E-state index is 11.0. The molecule has 0 aliphatic carbocycles. The maximum Gasteiger partial charge on any atom is 0.201 e. The minimum Gasteiger partial charge on any atom is -0.497 e. The third-order valence-corrected chi connectivity index (χ3v) is 16.2. The van der Waals surface area contributed by atoms with Crippen LogP contribution < -0.4 is 4.74 Å². The van der Waals surface area contributed by atoms with E-state index in [2.05, 4.69) is 73.3 Å². The smallest absolute Gasteiger partial charge is 0.201 e. The van der Waals surface area contributed by atoms with E-state index in [0.717, 1.165) is 43.3 Å². The number of carbonyl (C=O) groups is 1. The van der Waals surface area contributed by atoms with Gasteiger partial charge in [0.05, 0.1) is 44.7 Å². The lowest BCUT2D eigenvalue weighted by Crippen LogP contribution is -2.50. The van der Waals surface area contributed by atoms with Gasteiger partial charge >= 0.3 is 0 Å². The summed E-state index contributed by atoms with van der Waals surface area (Å²) in [6.45, 7) is 25.7. The fourth-order valence-electron chi connectivity index (χ4n) is 7.84. The monoisotopic (exact) mass is 698 g/mol. The van der Waals surface area contributed by atoms with Crippen LogP contribution in [0.1, 0.15) is 106 Å². The van der Waals surface area contributed by atoms with Crippen LogP contribution in [-0.4, -0.2) is 64.6 Å². The molecule has 1 aromatic carbocycles. The third-order valence-electron chi connectivity index (χ3n) is 10.1. The first-order valence-corrected chi connectivity index (χ1v) is 20.7. The second kappa shape index (κ2) is 19.5. The lowest BCUT2D eigenvalue weighted by atomic mass is 9.91. The van der Waals surface area contributed by atoms with Crippen molar-refractivity contribution >= 4 is 14.6 Å². The third kappa shape index (κ3) is 12.6. The number of benzene rings is 1. The summed E-state index contributed by atoms with van der Waals surface area (Å²) in [5.74, 6) is 0.596. The van der Waals surface area contributed by atoms with E-state index >= 15 is 0 Å². The van der Waals surface area contributed by atoms with E-state index in [1.165, 1.54) is 5.57 Å². The molecule has 0 aromatic heterocycles. The van der Waals surface area contributed by atoms with Crippen LogP contribution in [0, 0.1) is 5.92 Å². The Hall–Kier alpha value is -2.07. The van der Waals surface area contributed by atoms with Crippen LogP contribution in [0.3, 0.4) is 0 Å². The molecule has 6 atom stereocenters. The second-order valence-electron chi connectivity index (χ2n) is 15.6.